The molecule has 2 rings (SSSR count). The monoisotopic (exact) mass is 264 g/mol. The van der Waals surface area contributed by atoms with Gasteiger partial charge in [-0.1, -0.05) is 18.2 Å². The van der Waals surface area contributed by atoms with Crippen molar-refractivity contribution in [2.75, 3.05) is 19.0 Å². The molecule has 1 aromatic heterocycles. The first-order chi connectivity index (χ1) is 8.67. The topological polar surface area (TPSA) is 81.4 Å². The summed E-state index contributed by atoms with van der Waals surface area (Å²) in [6.07, 6.45) is 0. The van der Waals surface area contributed by atoms with E-state index < -0.39 is 5.97 Å². The number of carbonyl (C=O) groups excluding carboxylic acids is 2. The highest BCUT2D eigenvalue weighted by atomic mass is 32.1. The van der Waals surface area contributed by atoms with Crippen LogP contribution in [0.1, 0.15) is 9.67 Å². The number of hydrogen-bond donors (Lipinski definition) is 2. The zero-order valence-electron chi connectivity index (χ0n) is 9.73. The van der Waals surface area contributed by atoms with Gasteiger partial charge in [-0.2, -0.15) is 0 Å². The zero-order chi connectivity index (χ0) is 13.1. The van der Waals surface area contributed by atoms with Crippen LogP contribution in [0.25, 0.3) is 10.1 Å². The number of fused-ring (bicyclic) bond motifs is 1. The lowest BCUT2D eigenvalue weighted by atomic mass is 10.2. The number of thiophene rings is 1. The fourth-order valence-electron chi connectivity index (χ4n) is 1.60. The van der Waals surface area contributed by atoms with Gasteiger partial charge in [0, 0.05) is 10.1 Å². The van der Waals surface area contributed by atoms with E-state index in [0.29, 0.717) is 10.6 Å². The first-order valence-corrected chi connectivity index (χ1v) is 6.08. The van der Waals surface area contributed by atoms with E-state index in [9.17, 15) is 9.59 Å². The molecular weight excluding hydrogens is 252 g/mol. The van der Waals surface area contributed by atoms with Gasteiger partial charge in [0.2, 0.25) is 5.91 Å². The standard InChI is InChI=1S/C12H12N2O3S/c1-17-12(16)11-10(14-9(15)6-13)7-4-2-3-5-8(7)18-11/h2-5H,6,13H2,1H3,(H,14,15). The minimum Gasteiger partial charge on any atom is -0.465 e. The van der Waals surface area contributed by atoms with Gasteiger partial charge >= 0.3 is 5.97 Å². The first-order valence-electron chi connectivity index (χ1n) is 5.27. The maximum atomic E-state index is 11.7. The van der Waals surface area contributed by atoms with Crippen molar-refractivity contribution >= 4 is 39.0 Å². The predicted molar refractivity (Wildman–Crippen MR) is 70.8 cm³/mol. The van der Waals surface area contributed by atoms with Crippen LogP contribution in [-0.2, 0) is 9.53 Å². The van der Waals surface area contributed by atoms with E-state index in [2.05, 4.69) is 5.32 Å². The Hall–Kier alpha value is -1.92. The third kappa shape index (κ3) is 2.20. The van der Waals surface area contributed by atoms with E-state index in [-0.39, 0.29) is 12.5 Å². The minimum atomic E-state index is -0.469. The molecule has 0 unspecified atom stereocenters. The van der Waals surface area contributed by atoms with E-state index >= 15 is 0 Å². The summed E-state index contributed by atoms with van der Waals surface area (Å²) in [7, 11) is 1.31. The molecular formula is C12H12N2O3S. The SMILES string of the molecule is COC(=O)c1sc2ccccc2c1NC(=O)CN. The minimum absolute atomic E-state index is 0.134. The fraction of sp³-hybridized carbons (Fsp3) is 0.167. The average molecular weight is 264 g/mol. The molecule has 18 heavy (non-hydrogen) atoms. The highest BCUT2D eigenvalue weighted by Gasteiger charge is 2.19. The molecule has 0 fully saturated rings. The predicted octanol–water partition coefficient (Wildman–Crippen LogP) is 1.59. The number of nitrogens with one attached hydrogen (secondary N) is 1. The second kappa shape index (κ2) is 5.16. The smallest absolute Gasteiger partial charge is 0.350 e. The van der Waals surface area contributed by atoms with Gasteiger partial charge < -0.3 is 15.8 Å². The van der Waals surface area contributed by atoms with Crippen LogP contribution < -0.4 is 11.1 Å². The Labute approximate surface area is 108 Å². The highest BCUT2D eigenvalue weighted by Crippen LogP contribution is 2.36. The molecule has 1 amide bonds. The number of methoxy groups -OCH3 is 1. The Balaban J connectivity index is 2.57. The van der Waals surface area contributed by atoms with Crippen LogP contribution in [-0.4, -0.2) is 25.5 Å². The van der Waals surface area contributed by atoms with Gasteiger partial charge in [0.05, 0.1) is 19.3 Å². The lowest BCUT2D eigenvalue weighted by molar-refractivity contribution is -0.114. The number of carbonyl (C=O) groups is 2. The number of benzene rings is 1. The fourth-order valence-corrected chi connectivity index (χ4v) is 2.67. The number of hydrogen-bond acceptors (Lipinski definition) is 5. The molecule has 0 aliphatic heterocycles. The van der Waals surface area contributed by atoms with Gasteiger partial charge in [0.1, 0.15) is 4.88 Å². The molecule has 1 aromatic carbocycles. The van der Waals surface area contributed by atoms with Crippen molar-refractivity contribution < 1.29 is 14.3 Å². The number of esters is 1. The zero-order valence-corrected chi connectivity index (χ0v) is 10.5. The van der Waals surface area contributed by atoms with Crippen LogP contribution in [0.4, 0.5) is 5.69 Å². The van der Waals surface area contributed by atoms with E-state index in [1.807, 2.05) is 24.3 Å². The van der Waals surface area contributed by atoms with Crippen LogP contribution in [0.15, 0.2) is 24.3 Å². The van der Waals surface area contributed by atoms with Gasteiger partial charge in [-0.25, -0.2) is 4.79 Å². The average Bonchev–Trinajstić information content (AvgIpc) is 2.77. The summed E-state index contributed by atoms with van der Waals surface area (Å²) in [5, 5.41) is 3.45. The van der Waals surface area contributed by atoms with Crippen molar-refractivity contribution in [1.82, 2.24) is 0 Å². The maximum absolute atomic E-state index is 11.7. The molecule has 0 bridgehead atoms. The molecule has 2 aromatic rings. The summed E-state index contributed by atoms with van der Waals surface area (Å²) in [5.74, 6) is -0.813. The van der Waals surface area contributed by atoms with Crippen LogP contribution in [0, 0.1) is 0 Å². The van der Waals surface area contributed by atoms with Gasteiger partial charge in [0.25, 0.3) is 0 Å². The highest BCUT2D eigenvalue weighted by molar-refractivity contribution is 7.21. The molecule has 0 atom stereocenters. The van der Waals surface area contributed by atoms with Crippen LogP contribution in [0.2, 0.25) is 0 Å². The van der Waals surface area contributed by atoms with Crippen molar-refractivity contribution in [3.05, 3.63) is 29.1 Å². The quantitative estimate of drug-likeness (QED) is 0.825. The molecule has 5 nitrogen and oxygen atoms in total. The van der Waals surface area contributed by atoms with E-state index in [0.717, 1.165) is 10.1 Å². The lowest BCUT2D eigenvalue weighted by Gasteiger charge is -2.04. The first kappa shape index (κ1) is 12.5. The van der Waals surface area contributed by atoms with Crippen molar-refractivity contribution in [3.63, 3.8) is 0 Å². The molecule has 94 valence electrons. The Kier molecular flexibility index (Phi) is 3.59. The van der Waals surface area contributed by atoms with Crippen LogP contribution in [0.5, 0.6) is 0 Å². The van der Waals surface area contributed by atoms with Crippen LogP contribution >= 0.6 is 11.3 Å². The molecule has 6 heteroatoms. The summed E-state index contributed by atoms with van der Waals surface area (Å²) >= 11 is 1.28. The third-order valence-corrected chi connectivity index (χ3v) is 3.57. The molecule has 1 heterocycles. The number of anilines is 1. The Morgan fingerprint density at radius 2 is 2.11 bits per heavy atom. The van der Waals surface area contributed by atoms with Gasteiger partial charge in [-0.15, -0.1) is 11.3 Å². The van der Waals surface area contributed by atoms with Crippen molar-refractivity contribution in [2.24, 2.45) is 5.73 Å². The van der Waals surface area contributed by atoms with Gasteiger partial charge in [-0.05, 0) is 6.07 Å². The Bertz CT molecular complexity index is 606. The number of ether oxygens (including phenoxy) is 1. The Morgan fingerprint density at radius 1 is 1.39 bits per heavy atom. The Morgan fingerprint density at radius 3 is 2.78 bits per heavy atom. The van der Waals surface area contributed by atoms with Gasteiger partial charge in [-0.3, -0.25) is 4.79 Å². The molecule has 0 aliphatic rings. The van der Waals surface area contributed by atoms with Crippen molar-refractivity contribution in [3.8, 4) is 0 Å². The summed E-state index contributed by atoms with van der Waals surface area (Å²) in [6.45, 7) is -0.134. The number of amides is 1. The molecule has 0 spiro atoms. The summed E-state index contributed by atoms with van der Waals surface area (Å²) < 4.78 is 5.62. The van der Waals surface area contributed by atoms with Crippen molar-refractivity contribution in [2.45, 2.75) is 0 Å². The second-order valence-electron chi connectivity index (χ2n) is 3.55. The third-order valence-electron chi connectivity index (χ3n) is 2.42. The normalized spacial score (nSPS) is 10.3. The largest absolute Gasteiger partial charge is 0.465 e. The molecule has 0 radical (unpaired) electrons. The summed E-state index contributed by atoms with van der Waals surface area (Å²) in [6, 6.07) is 7.43. The van der Waals surface area contributed by atoms with E-state index in [1.165, 1.54) is 18.4 Å². The van der Waals surface area contributed by atoms with Crippen LogP contribution in [0.3, 0.4) is 0 Å². The number of rotatable bonds is 3. The summed E-state index contributed by atoms with van der Waals surface area (Å²) in [5.41, 5.74) is 5.74. The molecule has 0 saturated heterocycles. The summed E-state index contributed by atoms with van der Waals surface area (Å²) in [4.78, 5) is 23.5. The molecule has 0 aliphatic carbocycles. The van der Waals surface area contributed by atoms with E-state index in [1.54, 1.807) is 0 Å². The second-order valence-corrected chi connectivity index (χ2v) is 4.60. The van der Waals surface area contributed by atoms with Crippen molar-refractivity contribution in [1.29, 1.82) is 0 Å². The number of nitrogens with two attached hydrogens (primary N) is 1. The van der Waals surface area contributed by atoms with E-state index in [4.69, 9.17) is 10.5 Å². The molecule has 0 saturated carbocycles. The maximum Gasteiger partial charge on any atom is 0.350 e. The molecule has 3 N–H and O–H groups in total. The van der Waals surface area contributed by atoms with Gasteiger partial charge in [0.15, 0.2) is 0 Å². The lowest BCUT2D eigenvalue weighted by Crippen LogP contribution is -2.22.